The summed E-state index contributed by atoms with van der Waals surface area (Å²) in [5.41, 5.74) is -0.388. The predicted molar refractivity (Wildman–Crippen MR) is 91.7 cm³/mol. The van der Waals surface area contributed by atoms with Crippen LogP contribution in [0, 0.1) is 0 Å². The van der Waals surface area contributed by atoms with E-state index in [2.05, 4.69) is 15.4 Å². The van der Waals surface area contributed by atoms with Gasteiger partial charge in [-0.05, 0) is 39.8 Å². The first kappa shape index (κ1) is 20.1. The predicted octanol–water partition coefficient (Wildman–Crippen LogP) is 0.774. The number of carbonyl (C=O) groups is 2. The van der Waals surface area contributed by atoms with Gasteiger partial charge in [0, 0.05) is 18.5 Å². The van der Waals surface area contributed by atoms with Crippen LogP contribution in [0.4, 0.5) is 0 Å². The van der Waals surface area contributed by atoms with Gasteiger partial charge >= 0.3 is 0 Å². The smallest absolute Gasteiger partial charge is 0.242 e. The first-order valence-electron chi connectivity index (χ1n) is 7.67. The fourth-order valence-electron chi connectivity index (χ4n) is 1.84. The lowest BCUT2D eigenvalue weighted by molar-refractivity contribution is -0.129. The summed E-state index contributed by atoms with van der Waals surface area (Å²) in [6.07, 6.45) is -0.0563. The van der Waals surface area contributed by atoms with E-state index < -0.39 is 22.0 Å². The van der Waals surface area contributed by atoms with Gasteiger partial charge in [-0.25, -0.2) is 13.1 Å². The van der Waals surface area contributed by atoms with Gasteiger partial charge in [0.15, 0.2) is 0 Å². The number of amides is 2. The van der Waals surface area contributed by atoms with Crippen LogP contribution in [0.2, 0.25) is 0 Å². The first-order valence-corrected chi connectivity index (χ1v) is 9.16. The van der Waals surface area contributed by atoms with Gasteiger partial charge < -0.3 is 10.6 Å². The molecule has 0 saturated heterocycles. The Kier molecular flexibility index (Phi) is 6.92. The van der Waals surface area contributed by atoms with E-state index in [4.69, 9.17) is 0 Å². The van der Waals surface area contributed by atoms with Crippen molar-refractivity contribution in [3.8, 4) is 0 Å². The monoisotopic (exact) mass is 355 g/mol. The van der Waals surface area contributed by atoms with Crippen LogP contribution in [0.1, 0.15) is 34.1 Å². The quantitative estimate of drug-likeness (QED) is 0.672. The largest absolute Gasteiger partial charge is 0.350 e. The fourth-order valence-corrected chi connectivity index (χ4v) is 2.89. The number of benzene rings is 1. The van der Waals surface area contributed by atoms with Crippen LogP contribution in [-0.4, -0.2) is 38.4 Å². The summed E-state index contributed by atoms with van der Waals surface area (Å²) in [4.78, 5) is 23.8. The molecule has 0 heterocycles. The van der Waals surface area contributed by atoms with Crippen molar-refractivity contribution in [3.63, 3.8) is 0 Å². The van der Waals surface area contributed by atoms with Crippen LogP contribution in [0.25, 0.3) is 0 Å². The second kappa shape index (κ2) is 8.25. The third-order valence-electron chi connectivity index (χ3n) is 2.97. The average Bonchev–Trinajstić information content (AvgIpc) is 2.46. The number of sulfonamides is 1. The zero-order valence-electron chi connectivity index (χ0n) is 14.4. The van der Waals surface area contributed by atoms with Crippen molar-refractivity contribution in [2.75, 3.05) is 6.54 Å². The molecular weight excluding hydrogens is 330 g/mol. The summed E-state index contributed by atoms with van der Waals surface area (Å²) >= 11 is 0. The maximum Gasteiger partial charge on any atom is 0.242 e. The van der Waals surface area contributed by atoms with Crippen LogP contribution < -0.4 is 15.4 Å². The number of hydrogen-bond donors (Lipinski definition) is 3. The van der Waals surface area contributed by atoms with E-state index in [-0.39, 0.29) is 29.3 Å². The van der Waals surface area contributed by atoms with E-state index in [0.29, 0.717) is 0 Å². The van der Waals surface area contributed by atoms with E-state index in [9.17, 15) is 18.0 Å². The van der Waals surface area contributed by atoms with E-state index >= 15 is 0 Å². The molecule has 1 rings (SSSR count). The first-order chi connectivity index (χ1) is 11.0. The summed E-state index contributed by atoms with van der Waals surface area (Å²) in [5, 5.41) is 5.30. The van der Waals surface area contributed by atoms with Gasteiger partial charge in [-0.2, -0.15) is 0 Å². The molecule has 8 heteroatoms. The molecule has 0 aliphatic heterocycles. The Morgan fingerprint density at radius 2 is 1.71 bits per heavy atom. The van der Waals surface area contributed by atoms with Gasteiger partial charge in [-0.15, -0.1) is 0 Å². The molecule has 0 spiro atoms. The van der Waals surface area contributed by atoms with Gasteiger partial charge in [0.1, 0.15) is 6.04 Å². The highest BCUT2D eigenvalue weighted by Crippen LogP contribution is 2.06. The minimum Gasteiger partial charge on any atom is -0.350 e. The standard InChI is InChI=1S/C16H25N3O4S/c1-12(15(21)19-16(2,3)4)18-14(20)10-11-17-24(22,23)13-8-6-5-7-9-13/h5-9,12,17H,10-11H2,1-4H3,(H,18,20)(H,19,21). The Morgan fingerprint density at radius 3 is 2.25 bits per heavy atom. The molecule has 2 amide bonds. The molecule has 134 valence electrons. The Balaban J connectivity index is 2.43. The van der Waals surface area contributed by atoms with Crippen molar-refractivity contribution in [2.24, 2.45) is 0 Å². The highest BCUT2D eigenvalue weighted by Gasteiger charge is 2.21. The molecule has 0 radical (unpaired) electrons. The molecule has 0 aliphatic rings. The van der Waals surface area contributed by atoms with Crippen molar-refractivity contribution in [3.05, 3.63) is 30.3 Å². The molecule has 7 nitrogen and oxygen atoms in total. The lowest BCUT2D eigenvalue weighted by atomic mass is 10.1. The second-order valence-electron chi connectivity index (χ2n) is 6.49. The minimum atomic E-state index is -3.63. The molecule has 0 bridgehead atoms. The molecule has 0 fully saturated rings. The molecule has 1 unspecified atom stereocenters. The molecule has 0 aliphatic carbocycles. The number of nitrogens with one attached hydrogen (secondary N) is 3. The third-order valence-corrected chi connectivity index (χ3v) is 4.44. The van der Waals surface area contributed by atoms with Gasteiger partial charge in [-0.1, -0.05) is 18.2 Å². The summed E-state index contributed by atoms with van der Waals surface area (Å²) in [6, 6.07) is 7.22. The zero-order valence-corrected chi connectivity index (χ0v) is 15.2. The molecule has 1 aromatic carbocycles. The average molecular weight is 355 g/mol. The number of carbonyl (C=O) groups excluding carboxylic acids is 2. The summed E-state index contributed by atoms with van der Waals surface area (Å²) in [6.45, 7) is 7.07. The van der Waals surface area contributed by atoms with Gasteiger partial charge in [-0.3, -0.25) is 9.59 Å². The molecule has 0 aromatic heterocycles. The molecule has 3 N–H and O–H groups in total. The molecule has 1 atom stereocenters. The topological polar surface area (TPSA) is 104 Å². The normalized spacial score (nSPS) is 13.2. The van der Waals surface area contributed by atoms with Crippen LogP contribution in [0.3, 0.4) is 0 Å². The molecule has 0 saturated carbocycles. The number of hydrogen-bond acceptors (Lipinski definition) is 4. The van der Waals surface area contributed by atoms with E-state index in [1.807, 2.05) is 20.8 Å². The highest BCUT2D eigenvalue weighted by atomic mass is 32.2. The van der Waals surface area contributed by atoms with Crippen molar-refractivity contribution in [1.29, 1.82) is 0 Å². The van der Waals surface area contributed by atoms with Crippen LogP contribution in [0.5, 0.6) is 0 Å². The maximum absolute atomic E-state index is 12.0. The Labute approximate surface area is 143 Å². The van der Waals surface area contributed by atoms with Gasteiger partial charge in [0.05, 0.1) is 4.90 Å². The van der Waals surface area contributed by atoms with Crippen LogP contribution in [0.15, 0.2) is 35.2 Å². The van der Waals surface area contributed by atoms with Crippen LogP contribution >= 0.6 is 0 Å². The van der Waals surface area contributed by atoms with Crippen molar-refractivity contribution < 1.29 is 18.0 Å². The van der Waals surface area contributed by atoms with Crippen molar-refractivity contribution in [2.45, 2.75) is 50.6 Å². The van der Waals surface area contributed by atoms with E-state index in [0.717, 1.165) is 0 Å². The molecule has 24 heavy (non-hydrogen) atoms. The summed E-state index contributed by atoms with van der Waals surface area (Å²) < 4.78 is 26.3. The minimum absolute atomic E-state index is 0.0450. The lowest BCUT2D eigenvalue weighted by Gasteiger charge is -2.23. The number of rotatable bonds is 7. The Bertz CT molecular complexity index is 666. The molecular formula is C16H25N3O4S. The summed E-state index contributed by atoms with van der Waals surface area (Å²) in [5.74, 6) is -0.692. The fraction of sp³-hybridized carbons (Fsp3) is 0.500. The maximum atomic E-state index is 12.0. The van der Waals surface area contributed by atoms with E-state index in [1.54, 1.807) is 25.1 Å². The highest BCUT2D eigenvalue weighted by molar-refractivity contribution is 7.89. The molecule has 1 aromatic rings. The summed E-state index contributed by atoms with van der Waals surface area (Å²) in [7, 11) is -3.63. The third kappa shape index (κ3) is 7.10. The van der Waals surface area contributed by atoms with Crippen molar-refractivity contribution in [1.82, 2.24) is 15.4 Å². The van der Waals surface area contributed by atoms with E-state index in [1.165, 1.54) is 12.1 Å². The Hall–Kier alpha value is -1.93. The van der Waals surface area contributed by atoms with Crippen molar-refractivity contribution >= 4 is 21.8 Å². The lowest BCUT2D eigenvalue weighted by Crippen LogP contribution is -2.51. The van der Waals surface area contributed by atoms with Crippen LogP contribution in [-0.2, 0) is 19.6 Å². The van der Waals surface area contributed by atoms with Gasteiger partial charge in [0.2, 0.25) is 21.8 Å². The SMILES string of the molecule is CC(NC(=O)CCNS(=O)(=O)c1ccccc1)C(=O)NC(C)(C)C. The second-order valence-corrected chi connectivity index (χ2v) is 8.26. The zero-order chi connectivity index (χ0) is 18.4. The Morgan fingerprint density at radius 1 is 1.12 bits per heavy atom. The van der Waals surface area contributed by atoms with Gasteiger partial charge in [0.25, 0.3) is 0 Å².